The average molecular weight is 414 g/mol. The number of nitrogens with zero attached hydrogens (tertiary/aromatic N) is 2. The number of amides is 1. The van der Waals surface area contributed by atoms with Gasteiger partial charge in [0.2, 0.25) is 0 Å². The minimum absolute atomic E-state index is 0.187. The van der Waals surface area contributed by atoms with E-state index in [0.717, 1.165) is 11.3 Å². The Morgan fingerprint density at radius 1 is 1.06 bits per heavy atom. The van der Waals surface area contributed by atoms with Crippen molar-refractivity contribution >= 4 is 5.91 Å². The van der Waals surface area contributed by atoms with Crippen molar-refractivity contribution in [2.45, 2.75) is 13.5 Å². The highest BCUT2D eigenvalue weighted by molar-refractivity contribution is 5.94. The highest BCUT2D eigenvalue weighted by atomic mass is 19.1. The summed E-state index contributed by atoms with van der Waals surface area (Å²) in [5.41, 5.74) is 4.00. The number of aromatic amines is 1. The van der Waals surface area contributed by atoms with Crippen molar-refractivity contribution < 1.29 is 9.18 Å². The first-order valence-corrected chi connectivity index (χ1v) is 9.64. The number of carbonyl (C=O) groups is 1. The van der Waals surface area contributed by atoms with Crippen molar-refractivity contribution in [2.75, 3.05) is 0 Å². The second kappa shape index (κ2) is 8.71. The number of aryl methyl sites for hydroxylation is 1. The number of nitrogens with one attached hydrogen (secondary N) is 2. The molecule has 0 aliphatic carbocycles. The Labute approximate surface area is 177 Å². The van der Waals surface area contributed by atoms with Crippen LogP contribution in [0, 0.1) is 12.7 Å². The Balaban J connectivity index is 1.43. The van der Waals surface area contributed by atoms with Gasteiger partial charge in [0.1, 0.15) is 5.82 Å². The van der Waals surface area contributed by atoms with Gasteiger partial charge >= 0.3 is 0 Å². The molecule has 1 amide bonds. The predicted octanol–water partition coefficient (Wildman–Crippen LogP) is 3.88. The van der Waals surface area contributed by atoms with Gasteiger partial charge in [0.05, 0.1) is 11.9 Å². The largest absolute Gasteiger partial charge is 0.348 e. The minimum Gasteiger partial charge on any atom is -0.348 e. The third-order valence-electron chi connectivity index (χ3n) is 4.89. The molecule has 6 nitrogen and oxygen atoms in total. The van der Waals surface area contributed by atoms with Gasteiger partial charge in [-0.1, -0.05) is 24.3 Å². The van der Waals surface area contributed by atoms with Gasteiger partial charge < -0.3 is 10.3 Å². The molecule has 31 heavy (non-hydrogen) atoms. The zero-order valence-electron chi connectivity index (χ0n) is 16.7. The van der Waals surface area contributed by atoms with Crippen molar-refractivity contribution in [2.24, 2.45) is 0 Å². The van der Waals surface area contributed by atoms with E-state index in [1.807, 2.05) is 0 Å². The molecule has 2 aromatic heterocycles. The van der Waals surface area contributed by atoms with Crippen LogP contribution in [0.15, 0.2) is 78.1 Å². The van der Waals surface area contributed by atoms with Crippen LogP contribution in [-0.4, -0.2) is 20.9 Å². The van der Waals surface area contributed by atoms with Gasteiger partial charge in [-0.15, -0.1) is 0 Å². The normalized spacial score (nSPS) is 10.6. The fourth-order valence-electron chi connectivity index (χ4n) is 3.18. The van der Waals surface area contributed by atoms with Crippen molar-refractivity contribution in [3.63, 3.8) is 0 Å². The molecule has 0 aliphatic rings. The number of hydrogen-bond acceptors (Lipinski definition) is 4. The summed E-state index contributed by atoms with van der Waals surface area (Å²) in [5, 5.41) is 2.80. The molecule has 0 atom stereocenters. The maximum Gasteiger partial charge on any atom is 0.251 e. The fraction of sp³-hybridized carbons (Fsp3) is 0.0833. The van der Waals surface area contributed by atoms with E-state index in [2.05, 4.69) is 20.3 Å². The van der Waals surface area contributed by atoms with E-state index in [4.69, 9.17) is 0 Å². The molecule has 0 saturated heterocycles. The molecule has 0 bridgehead atoms. The first-order valence-electron chi connectivity index (χ1n) is 9.64. The molecule has 0 fully saturated rings. The first kappa shape index (κ1) is 20.2. The highest BCUT2D eigenvalue weighted by Gasteiger charge is 2.10. The summed E-state index contributed by atoms with van der Waals surface area (Å²) in [6.45, 7) is 1.86. The number of pyridine rings is 1. The molecule has 0 unspecified atom stereocenters. The third kappa shape index (κ3) is 4.56. The summed E-state index contributed by atoms with van der Waals surface area (Å²) < 4.78 is 14.6. The molecule has 0 aliphatic heterocycles. The van der Waals surface area contributed by atoms with Gasteiger partial charge in [0.25, 0.3) is 11.5 Å². The van der Waals surface area contributed by atoms with E-state index in [-0.39, 0.29) is 18.0 Å². The van der Waals surface area contributed by atoms with Gasteiger partial charge in [-0.05, 0) is 36.8 Å². The molecule has 4 rings (SSSR count). The number of aromatic nitrogens is 3. The maximum absolute atomic E-state index is 14.6. The maximum atomic E-state index is 14.6. The highest BCUT2D eigenvalue weighted by Crippen LogP contribution is 2.23. The lowest BCUT2D eigenvalue weighted by Gasteiger charge is -2.09. The lowest BCUT2D eigenvalue weighted by Crippen LogP contribution is -2.22. The van der Waals surface area contributed by atoms with Crippen LogP contribution in [0.3, 0.4) is 0 Å². The molecular formula is C24H19FN4O2. The summed E-state index contributed by atoms with van der Waals surface area (Å²) in [4.78, 5) is 34.8. The van der Waals surface area contributed by atoms with Crippen molar-refractivity contribution in [1.29, 1.82) is 0 Å². The number of hydrogen-bond donors (Lipinski definition) is 2. The zero-order valence-corrected chi connectivity index (χ0v) is 16.7. The van der Waals surface area contributed by atoms with E-state index < -0.39 is 5.82 Å². The quantitative estimate of drug-likeness (QED) is 0.519. The molecule has 4 aromatic rings. The first-order chi connectivity index (χ1) is 15.0. The van der Waals surface area contributed by atoms with Gasteiger partial charge in [0, 0.05) is 53.0 Å². The smallest absolute Gasteiger partial charge is 0.251 e. The fourth-order valence-corrected chi connectivity index (χ4v) is 3.18. The summed E-state index contributed by atoms with van der Waals surface area (Å²) >= 11 is 0. The Kier molecular flexibility index (Phi) is 5.66. The molecule has 2 heterocycles. The van der Waals surface area contributed by atoms with Crippen LogP contribution in [0.5, 0.6) is 0 Å². The van der Waals surface area contributed by atoms with Gasteiger partial charge in [0.15, 0.2) is 0 Å². The third-order valence-corrected chi connectivity index (χ3v) is 4.89. The van der Waals surface area contributed by atoms with Gasteiger partial charge in [-0.25, -0.2) is 4.39 Å². The predicted molar refractivity (Wildman–Crippen MR) is 116 cm³/mol. The standard InChI is InChI=1S/C24H19FN4O2/c1-15-10-19(13-29-23(15)30)20-7-2-16(11-21(20)25)12-28-24(31)18-5-3-17(4-6-18)22-14-26-8-9-27-22/h2-11,13-14H,12H2,1H3,(H,28,31)(H,29,30). The minimum atomic E-state index is -0.425. The summed E-state index contributed by atoms with van der Waals surface area (Å²) in [5.74, 6) is -0.682. The van der Waals surface area contributed by atoms with Crippen LogP contribution in [0.1, 0.15) is 21.5 Å². The van der Waals surface area contributed by atoms with Crippen molar-refractivity contribution in [3.05, 3.63) is 106 Å². The van der Waals surface area contributed by atoms with Crippen molar-refractivity contribution in [1.82, 2.24) is 20.3 Å². The number of halogens is 1. The van der Waals surface area contributed by atoms with Crippen LogP contribution in [0.25, 0.3) is 22.4 Å². The molecule has 2 aromatic carbocycles. The second-order valence-corrected chi connectivity index (χ2v) is 7.07. The Hall–Kier alpha value is -4.13. The molecule has 0 radical (unpaired) electrons. The Bertz CT molecular complexity index is 1290. The lowest BCUT2D eigenvalue weighted by atomic mass is 10.0. The topological polar surface area (TPSA) is 87.7 Å². The Morgan fingerprint density at radius 2 is 1.87 bits per heavy atom. The van der Waals surface area contributed by atoms with Gasteiger partial charge in [-0.2, -0.15) is 0 Å². The molecule has 0 spiro atoms. The van der Waals surface area contributed by atoms with E-state index in [9.17, 15) is 14.0 Å². The molecule has 7 heteroatoms. The summed E-state index contributed by atoms with van der Waals surface area (Å²) in [7, 11) is 0. The summed E-state index contributed by atoms with van der Waals surface area (Å²) in [6.07, 6.45) is 6.35. The molecule has 154 valence electrons. The average Bonchev–Trinajstić information content (AvgIpc) is 2.80. The zero-order chi connectivity index (χ0) is 21.8. The second-order valence-electron chi connectivity index (χ2n) is 7.07. The SMILES string of the molecule is Cc1cc(-c2ccc(CNC(=O)c3ccc(-c4cnccn4)cc3)cc2F)c[nH]c1=O. The summed E-state index contributed by atoms with van der Waals surface area (Å²) in [6, 6.07) is 13.4. The van der Waals surface area contributed by atoms with E-state index >= 15 is 0 Å². The Morgan fingerprint density at radius 3 is 2.55 bits per heavy atom. The number of carbonyl (C=O) groups excluding carboxylic acids is 1. The van der Waals surface area contributed by atoms with Crippen LogP contribution in [-0.2, 0) is 6.54 Å². The number of rotatable bonds is 5. The lowest BCUT2D eigenvalue weighted by molar-refractivity contribution is 0.0951. The monoisotopic (exact) mass is 414 g/mol. The molecule has 0 saturated carbocycles. The number of benzene rings is 2. The van der Waals surface area contributed by atoms with Crippen LogP contribution < -0.4 is 10.9 Å². The number of H-pyrrole nitrogens is 1. The molecular weight excluding hydrogens is 395 g/mol. The van der Waals surface area contributed by atoms with Crippen LogP contribution in [0.4, 0.5) is 4.39 Å². The molecule has 2 N–H and O–H groups in total. The van der Waals surface area contributed by atoms with E-state index in [1.54, 1.807) is 68.0 Å². The van der Waals surface area contributed by atoms with E-state index in [0.29, 0.717) is 27.8 Å². The van der Waals surface area contributed by atoms with Gasteiger partial charge in [-0.3, -0.25) is 19.6 Å². The van der Waals surface area contributed by atoms with E-state index in [1.165, 1.54) is 12.3 Å². The van der Waals surface area contributed by atoms with Crippen LogP contribution >= 0.6 is 0 Å². The van der Waals surface area contributed by atoms with Crippen LogP contribution in [0.2, 0.25) is 0 Å². The van der Waals surface area contributed by atoms with Crippen molar-refractivity contribution in [3.8, 4) is 22.4 Å².